The van der Waals surface area contributed by atoms with Crippen molar-refractivity contribution in [1.82, 2.24) is 9.88 Å². The summed E-state index contributed by atoms with van der Waals surface area (Å²) in [5.41, 5.74) is 0.102. The number of piperazine rings is 1. The lowest BCUT2D eigenvalue weighted by Crippen LogP contribution is -2.46. The zero-order valence-corrected chi connectivity index (χ0v) is 17.9. The van der Waals surface area contributed by atoms with Gasteiger partial charge in [-0.25, -0.2) is 13.6 Å². The van der Waals surface area contributed by atoms with Crippen LogP contribution in [0.1, 0.15) is 34.4 Å². The number of hydrogen-bond donors (Lipinski definition) is 2. The van der Waals surface area contributed by atoms with Crippen molar-refractivity contribution in [3.8, 4) is 5.75 Å². The molecule has 2 aliphatic rings. The molecule has 0 spiro atoms. The van der Waals surface area contributed by atoms with Crippen molar-refractivity contribution in [3.05, 3.63) is 69.8 Å². The molecule has 9 heteroatoms. The Morgan fingerprint density at radius 3 is 2.64 bits per heavy atom. The molecule has 3 atom stereocenters. The van der Waals surface area contributed by atoms with E-state index in [1.165, 1.54) is 11.7 Å². The highest BCUT2D eigenvalue weighted by Crippen LogP contribution is 2.45. The molecule has 1 aliphatic heterocycles. The number of benzene rings is 2. The topological polar surface area (TPSA) is 83.8 Å². The first kappa shape index (κ1) is 21.4. The number of carboxylic acid groups (broad SMARTS) is 1. The Balaban J connectivity index is 1.69. The molecule has 0 amide bonds. The summed E-state index contributed by atoms with van der Waals surface area (Å²) in [5.74, 6) is -2.03. The predicted octanol–water partition coefficient (Wildman–Crippen LogP) is 3.28. The molecule has 33 heavy (non-hydrogen) atoms. The molecule has 0 unspecified atom stereocenters. The number of ether oxygens (including phenoxy) is 1. The van der Waals surface area contributed by atoms with E-state index in [1.54, 1.807) is 0 Å². The molecule has 3 aromatic rings. The third-order valence-corrected chi connectivity index (χ3v) is 6.36. The first-order valence-corrected chi connectivity index (χ1v) is 10.8. The SMILES string of the molecule is COc1c(N2CCN[C@@H](c3ccccc3)C2)c(F)cc2c(=O)c(C(=O)O)cn([C@@H]3C[C@@H]3F)c12. The van der Waals surface area contributed by atoms with E-state index in [4.69, 9.17) is 4.74 Å². The summed E-state index contributed by atoms with van der Waals surface area (Å²) < 4.78 is 36.6. The van der Waals surface area contributed by atoms with Gasteiger partial charge in [0.2, 0.25) is 5.43 Å². The van der Waals surface area contributed by atoms with Gasteiger partial charge in [-0.2, -0.15) is 0 Å². The maximum absolute atomic E-state index is 15.5. The average molecular weight is 455 g/mol. The Labute approximate surface area is 188 Å². The normalized spacial score (nSPS) is 22.4. The van der Waals surface area contributed by atoms with Crippen molar-refractivity contribution in [3.63, 3.8) is 0 Å². The van der Waals surface area contributed by atoms with Crippen LogP contribution in [0.4, 0.5) is 14.5 Å². The second-order valence-corrected chi connectivity index (χ2v) is 8.40. The van der Waals surface area contributed by atoms with Gasteiger partial charge >= 0.3 is 5.97 Å². The number of aromatic nitrogens is 1. The summed E-state index contributed by atoms with van der Waals surface area (Å²) >= 11 is 0. The fraction of sp³-hybridized carbons (Fsp3) is 0.333. The molecule has 1 saturated carbocycles. The maximum Gasteiger partial charge on any atom is 0.341 e. The standard InChI is InChI=1S/C24H23F2N3O4/c1-33-23-20-14(22(30)15(24(31)32)11-29(20)19-10-16(19)25)9-17(26)21(23)28-8-7-27-18(12-28)13-5-3-2-4-6-13/h2-6,9,11,16,18-19,27H,7-8,10,12H2,1H3,(H,31,32)/t16-,18+,19+/m0/s1. The molecule has 1 aliphatic carbocycles. The number of pyridine rings is 1. The molecule has 0 bridgehead atoms. The lowest BCUT2D eigenvalue weighted by molar-refractivity contribution is 0.0694. The molecule has 5 rings (SSSR count). The van der Waals surface area contributed by atoms with Crippen LogP contribution >= 0.6 is 0 Å². The Morgan fingerprint density at radius 2 is 2.00 bits per heavy atom. The zero-order valence-electron chi connectivity index (χ0n) is 17.9. The van der Waals surface area contributed by atoms with Crippen LogP contribution < -0.4 is 20.4 Å². The minimum atomic E-state index is -1.44. The predicted molar refractivity (Wildman–Crippen MR) is 120 cm³/mol. The lowest BCUT2D eigenvalue weighted by Gasteiger charge is -2.36. The van der Waals surface area contributed by atoms with Crippen LogP contribution in [0.15, 0.2) is 47.4 Å². The summed E-state index contributed by atoms with van der Waals surface area (Å²) in [6.07, 6.45) is 0.167. The van der Waals surface area contributed by atoms with Crippen LogP contribution in [0.2, 0.25) is 0 Å². The van der Waals surface area contributed by atoms with E-state index in [0.717, 1.165) is 17.8 Å². The quantitative estimate of drug-likeness (QED) is 0.615. The molecule has 2 fully saturated rings. The van der Waals surface area contributed by atoms with Crippen molar-refractivity contribution in [1.29, 1.82) is 0 Å². The van der Waals surface area contributed by atoms with E-state index in [1.807, 2.05) is 35.2 Å². The van der Waals surface area contributed by atoms with Gasteiger partial charge in [0.15, 0.2) is 11.6 Å². The number of rotatable bonds is 5. The summed E-state index contributed by atoms with van der Waals surface area (Å²) in [6.45, 7) is 1.55. The molecular weight excluding hydrogens is 432 g/mol. The van der Waals surface area contributed by atoms with Gasteiger partial charge < -0.3 is 24.6 Å². The smallest absolute Gasteiger partial charge is 0.341 e. The molecule has 1 saturated heterocycles. The van der Waals surface area contributed by atoms with Gasteiger partial charge in [-0.05, 0) is 11.6 Å². The fourth-order valence-electron chi connectivity index (χ4n) is 4.65. The largest absolute Gasteiger partial charge is 0.492 e. The third kappa shape index (κ3) is 3.62. The molecule has 172 valence electrons. The second-order valence-electron chi connectivity index (χ2n) is 8.40. The van der Waals surface area contributed by atoms with Crippen LogP contribution in [0.25, 0.3) is 10.9 Å². The summed E-state index contributed by atoms with van der Waals surface area (Å²) in [5, 5.41) is 12.8. The highest BCUT2D eigenvalue weighted by molar-refractivity contribution is 5.97. The molecular formula is C24H23F2N3O4. The summed E-state index contributed by atoms with van der Waals surface area (Å²) in [7, 11) is 1.37. The van der Waals surface area contributed by atoms with Gasteiger partial charge in [-0.15, -0.1) is 0 Å². The number of hydrogen-bond acceptors (Lipinski definition) is 5. The number of halogens is 2. The minimum absolute atomic E-state index is 0.0463. The number of carbonyl (C=O) groups is 1. The molecule has 2 N–H and O–H groups in total. The Kier molecular flexibility index (Phi) is 5.28. The van der Waals surface area contributed by atoms with E-state index >= 15 is 4.39 Å². The van der Waals surface area contributed by atoms with Crippen molar-refractivity contribution in [2.45, 2.75) is 24.7 Å². The van der Waals surface area contributed by atoms with Gasteiger partial charge in [0.1, 0.15) is 17.4 Å². The second kappa shape index (κ2) is 8.15. The van der Waals surface area contributed by atoms with Crippen LogP contribution in [0.3, 0.4) is 0 Å². The third-order valence-electron chi connectivity index (χ3n) is 6.36. The van der Waals surface area contributed by atoms with Crippen LogP contribution in [-0.2, 0) is 0 Å². The van der Waals surface area contributed by atoms with E-state index in [2.05, 4.69) is 5.32 Å². The average Bonchev–Trinajstić information content (AvgIpc) is 3.55. The van der Waals surface area contributed by atoms with Crippen LogP contribution in [-0.4, -0.2) is 48.6 Å². The molecule has 0 radical (unpaired) electrons. The van der Waals surface area contributed by atoms with Crippen molar-refractivity contribution >= 4 is 22.6 Å². The van der Waals surface area contributed by atoms with Crippen LogP contribution in [0, 0.1) is 5.82 Å². The maximum atomic E-state index is 15.5. The molecule has 2 aromatic carbocycles. The number of alkyl halides is 1. The number of carboxylic acids is 1. The summed E-state index contributed by atoms with van der Waals surface area (Å²) in [6, 6.07) is 10.2. The zero-order chi connectivity index (χ0) is 23.3. The Morgan fingerprint density at radius 1 is 1.27 bits per heavy atom. The van der Waals surface area contributed by atoms with Crippen molar-refractivity contribution in [2.75, 3.05) is 31.6 Å². The fourth-order valence-corrected chi connectivity index (χ4v) is 4.65. The van der Waals surface area contributed by atoms with Gasteiger partial charge in [-0.3, -0.25) is 4.79 Å². The molecule has 2 heterocycles. The van der Waals surface area contributed by atoms with E-state index < -0.39 is 35.0 Å². The first-order chi connectivity index (χ1) is 15.9. The Bertz CT molecular complexity index is 1290. The van der Waals surface area contributed by atoms with Crippen molar-refractivity contribution in [2.24, 2.45) is 0 Å². The number of nitrogens with one attached hydrogen (secondary N) is 1. The number of anilines is 1. The number of aromatic carboxylic acids is 1. The number of methoxy groups -OCH3 is 1. The summed E-state index contributed by atoms with van der Waals surface area (Å²) in [4.78, 5) is 26.3. The number of nitrogens with zero attached hydrogens (tertiary/aromatic N) is 2. The highest BCUT2D eigenvalue weighted by atomic mass is 19.1. The van der Waals surface area contributed by atoms with Gasteiger partial charge in [0.25, 0.3) is 0 Å². The number of fused-ring (bicyclic) bond motifs is 1. The van der Waals surface area contributed by atoms with E-state index in [9.17, 15) is 19.1 Å². The highest BCUT2D eigenvalue weighted by Gasteiger charge is 2.41. The van der Waals surface area contributed by atoms with E-state index in [0.29, 0.717) is 19.6 Å². The lowest BCUT2D eigenvalue weighted by atomic mass is 10.0. The Hall–Kier alpha value is -3.46. The van der Waals surface area contributed by atoms with E-state index in [-0.39, 0.29) is 34.8 Å². The minimum Gasteiger partial charge on any atom is -0.492 e. The van der Waals surface area contributed by atoms with Gasteiger partial charge in [-0.1, -0.05) is 30.3 Å². The monoisotopic (exact) mass is 455 g/mol. The molecule has 1 aromatic heterocycles. The van der Waals surface area contributed by atoms with Gasteiger partial charge in [0, 0.05) is 38.3 Å². The van der Waals surface area contributed by atoms with Gasteiger partial charge in [0.05, 0.1) is 24.1 Å². The first-order valence-electron chi connectivity index (χ1n) is 10.8. The molecule has 7 nitrogen and oxygen atoms in total. The van der Waals surface area contributed by atoms with Crippen LogP contribution in [0.5, 0.6) is 5.75 Å². The van der Waals surface area contributed by atoms with Crippen molar-refractivity contribution < 1.29 is 23.4 Å².